The SMILES string of the molecule is O=PC(O)(O)CO. The van der Waals surface area contributed by atoms with Gasteiger partial charge in [-0.25, -0.2) is 0 Å². The molecule has 3 N–H and O–H groups in total. The lowest BCUT2D eigenvalue weighted by Crippen LogP contribution is -2.24. The van der Waals surface area contributed by atoms with Crippen molar-refractivity contribution in [3.8, 4) is 0 Å². The second-order valence-corrected chi connectivity index (χ2v) is 1.92. The topological polar surface area (TPSA) is 77.8 Å². The van der Waals surface area contributed by atoms with E-state index in [1.165, 1.54) is 0 Å². The van der Waals surface area contributed by atoms with Crippen molar-refractivity contribution in [3.63, 3.8) is 0 Å². The maximum Gasteiger partial charge on any atom is 0.270 e. The first-order valence-corrected chi connectivity index (χ1v) is 2.34. The lowest BCUT2D eigenvalue weighted by Gasteiger charge is -2.05. The molecule has 0 aliphatic rings. The third-order valence-corrected chi connectivity index (χ3v) is 0.792. The lowest BCUT2D eigenvalue weighted by atomic mass is 10.7. The molecule has 0 aromatic heterocycles. The first-order valence-electron chi connectivity index (χ1n) is 1.52. The van der Waals surface area contributed by atoms with Crippen LogP contribution in [0.15, 0.2) is 0 Å². The minimum Gasteiger partial charge on any atom is -0.390 e. The zero-order valence-corrected chi connectivity index (χ0v) is 4.30. The van der Waals surface area contributed by atoms with E-state index < -0.39 is 20.6 Å². The molecule has 0 saturated carbocycles. The number of aliphatic hydroxyl groups is 3. The van der Waals surface area contributed by atoms with Crippen molar-refractivity contribution in [2.75, 3.05) is 6.61 Å². The zero-order valence-electron chi connectivity index (χ0n) is 3.40. The second kappa shape index (κ2) is 2.33. The molecule has 0 aromatic carbocycles. The predicted octanol–water partition coefficient (Wildman–Crippen LogP) is -1.09. The Balaban J connectivity index is 3.58. The Labute approximate surface area is 41.6 Å². The van der Waals surface area contributed by atoms with Gasteiger partial charge in [-0.1, -0.05) is 0 Å². The van der Waals surface area contributed by atoms with Crippen LogP contribution in [0.4, 0.5) is 0 Å². The monoisotopic (exact) mass is 124 g/mol. The quantitative estimate of drug-likeness (QED) is 0.323. The van der Waals surface area contributed by atoms with E-state index in [0.29, 0.717) is 0 Å². The van der Waals surface area contributed by atoms with Gasteiger partial charge in [0.2, 0.25) is 8.46 Å². The Bertz CT molecular complexity index is 70.1. The Kier molecular flexibility index (Phi) is 2.32. The molecule has 42 valence electrons. The van der Waals surface area contributed by atoms with Crippen molar-refractivity contribution in [3.05, 3.63) is 0 Å². The highest BCUT2D eigenvalue weighted by atomic mass is 31.1. The molecule has 0 unspecified atom stereocenters. The normalized spacial score (nSPS) is 12.4. The summed E-state index contributed by atoms with van der Waals surface area (Å²) in [7, 11) is -0.883. The van der Waals surface area contributed by atoms with E-state index in [1.54, 1.807) is 0 Å². The van der Waals surface area contributed by atoms with Crippen molar-refractivity contribution in [2.24, 2.45) is 0 Å². The Morgan fingerprint density at radius 2 is 2.00 bits per heavy atom. The Morgan fingerprint density at radius 3 is 2.00 bits per heavy atom. The van der Waals surface area contributed by atoms with Crippen LogP contribution in [0.2, 0.25) is 0 Å². The number of hydrogen-bond acceptors (Lipinski definition) is 4. The van der Waals surface area contributed by atoms with Gasteiger partial charge in [0.25, 0.3) is 5.53 Å². The van der Waals surface area contributed by atoms with E-state index >= 15 is 0 Å². The number of hydrogen-bond donors (Lipinski definition) is 3. The summed E-state index contributed by atoms with van der Waals surface area (Å²) in [6.45, 7) is -0.919. The van der Waals surface area contributed by atoms with Crippen molar-refractivity contribution >= 4 is 8.46 Å². The van der Waals surface area contributed by atoms with Crippen LogP contribution in [0.25, 0.3) is 0 Å². The van der Waals surface area contributed by atoms with Crippen molar-refractivity contribution in [1.82, 2.24) is 0 Å². The van der Waals surface area contributed by atoms with Gasteiger partial charge in [-0.3, -0.25) is 4.57 Å². The van der Waals surface area contributed by atoms with Gasteiger partial charge in [0.15, 0.2) is 0 Å². The van der Waals surface area contributed by atoms with E-state index in [4.69, 9.17) is 15.3 Å². The standard InChI is InChI=1S/C2H5O4P/c3-1-2(4,5)7-6/h3-5H,1H2. The molecule has 0 aliphatic heterocycles. The van der Waals surface area contributed by atoms with Crippen molar-refractivity contribution in [1.29, 1.82) is 0 Å². The molecular formula is C2H5O4P. The molecule has 0 radical (unpaired) electrons. The third-order valence-electron chi connectivity index (χ3n) is 0.358. The zero-order chi connectivity index (χ0) is 5.91. The average Bonchev–Trinajstić information content (AvgIpc) is 1.68. The minimum absolute atomic E-state index is 0.883. The van der Waals surface area contributed by atoms with Crippen LogP contribution in [-0.4, -0.2) is 27.5 Å². The summed E-state index contributed by atoms with van der Waals surface area (Å²) in [6, 6.07) is 0. The predicted molar refractivity (Wildman–Crippen MR) is 21.9 cm³/mol. The first-order chi connectivity index (χ1) is 3.12. The molecule has 5 heteroatoms. The van der Waals surface area contributed by atoms with Gasteiger partial charge >= 0.3 is 0 Å². The minimum atomic E-state index is -2.44. The van der Waals surface area contributed by atoms with Gasteiger partial charge in [0.1, 0.15) is 6.61 Å². The largest absolute Gasteiger partial charge is 0.390 e. The van der Waals surface area contributed by atoms with Gasteiger partial charge in [-0.05, 0) is 0 Å². The molecule has 0 atom stereocenters. The van der Waals surface area contributed by atoms with Gasteiger partial charge in [0, 0.05) is 0 Å². The van der Waals surface area contributed by atoms with E-state index in [9.17, 15) is 4.57 Å². The van der Waals surface area contributed by atoms with E-state index in [1.807, 2.05) is 0 Å². The van der Waals surface area contributed by atoms with Crippen molar-refractivity contribution in [2.45, 2.75) is 5.53 Å². The molecule has 0 saturated heterocycles. The van der Waals surface area contributed by atoms with Gasteiger partial charge in [-0.15, -0.1) is 0 Å². The highest BCUT2D eigenvalue weighted by molar-refractivity contribution is 7.25. The summed E-state index contributed by atoms with van der Waals surface area (Å²) in [5, 5.41) is 24.1. The van der Waals surface area contributed by atoms with Gasteiger partial charge in [0.05, 0.1) is 0 Å². The molecule has 0 bridgehead atoms. The van der Waals surface area contributed by atoms with Crippen LogP contribution in [0.5, 0.6) is 0 Å². The fraction of sp³-hybridized carbons (Fsp3) is 1.00. The summed E-state index contributed by atoms with van der Waals surface area (Å²) in [5.74, 6) is 0. The summed E-state index contributed by atoms with van der Waals surface area (Å²) in [5.41, 5.74) is -2.44. The summed E-state index contributed by atoms with van der Waals surface area (Å²) < 4.78 is 9.49. The highest BCUT2D eigenvalue weighted by Gasteiger charge is 2.20. The fourth-order valence-electron chi connectivity index (χ4n) is 0.0289. The van der Waals surface area contributed by atoms with Crippen LogP contribution >= 0.6 is 8.46 Å². The lowest BCUT2D eigenvalue weighted by molar-refractivity contribution is -0.113. The van der Waals surface area contributed by atoms with Gasteiger partial charge < -0.3 is 15.3 Å². The molecule has 0 aliphatic carbocycles. The average molecular weight is 124 g/mol. The summed E-state index contributed by atoms with van der Waals surface area (Å²) in [4.78, 5) is 0. The van der Waals surface area contributed by atoms with Gasteiger partial charge in [-0.2, -0.15) is 0 Å². The number of aliphatic hydroxyl groups excluding tert-OH is 1. The molecular weight excluding hydrogens is 119 g/mol. The van der Waals surface area contributed by atoms with Crippen LogP contribution in [0, 0.1) is 0 Å². The second-order valence-electron chi connectivity index (χ2n) is 1.02. The smallest absolute Gasteiger partial charge is 0.270 e. The number of rotatable bonds is 2. The molecule has 0 spiro atoms. The first kappa shape index (κ1) is 6.98. The van der Waals surface area contributed by atoms with Crippen LogP contribution in [-0.2, 0) is 4.57 Å². The molecule has 0 heterocycles. The highest BCUT2D eigenvalue weighted by Crippen LogP contribution is 2.12. The molecule has 4 nitrogen and oxygen atoms in total. The Morgan fingerprint density at radius 1 is 1.57 bits per heavy atom. The maximum absolute atomic E-state index is 9.49. The molecule has 7 heavy (non-hydrogen) atoms. The van der Waals surface area contributed by atoms with Crippen LogP contribution in [0.1, 0.15) is 0 Å². The van der Waals surface area contributed by atoms with E-state index in [-0.39, 0.29) is 0 Å². The Hall–Kier alpha value is -0.0200. The molecule has 0 rings (SSSR count). The molecule has 0 aromatic rings. The fourth-order valence-corrected chi connectivity index (χ4v) is 0.0866. The van der Waals surface area contributed by atoms with E-state index in [0.717, 1.165) is 0 Å². The van der Waals surface area contributed by atoms with E-state index in [2.05, 4.69) is 0 Å². The van der Waals surface area contributed by atoms with Crippen LogP contribution in [0.3, 0.4) is 0 Å². The molecule has 0 fully saturated rings. The summed E-state index contributed by atoms with van der Waals surface area (Å²) in [6.07, 6.45) is 0. The molecule has 0 amide bonds. The summed E-state index contributed by atoms with van der Waals surface area (Å²) >= 11 is 0. The van der Waals surface area contributed by atoms with Crippen molar-refractivity contribution < 1.29 is 19.9 Å². The third kappa shape index (κ3) is 2.65. The van der Waals surface area contributed by atoms with Crippen LogP contribution < -0.4 is 0 Å². The maximum atomic E-state index is 9.49.